The lowest BCUT2D eigenvalue weighted by Gasteiger charge is -2.40. The van der Waals surface area contributed by atoms with Gasteiger partial charge in [0.25, 0.3) is 17.7 Å². The van der Waals surface area contributed by atoms with Crippen LogP contribution in [0.25, 0.3) is 0 Å². The van der Waals surface area contributed by atoms with E-state index in [1.807, 2.05) is 88.7 Å². The summed E-state index contributed by atoms with van der Waals surface area (Å²) >= 11 is 0. The zero-order chi connectivity index (χ0) is 61.8. The van der Waals surface area contributed by atoms with Crippen LogP contribution in [0.2, 0.25) is 0 Å². The highest BCUT2D eigenvalue weighted by atomic mass is 16.7. The molecule has 4 heterocycles. The molecule has 0 bridgehead atoms. The largest absolute Gasteiger partial charge is 0.462 e. The minimum absolute atomic E-state index is 0.0621. The Hall–Kier alpha value is -5.57. The predicted octanol–water partition coefficient (Wildman–Crippen LogP) is 6.77. The van der Waals surface area contributed by atoms with Gasteiger partial charge < -0.3 is 34.6 Å². The maximum atomic E-state index is 14.6. The average molecular weight is 1180 g/mol. The number of nitrogens with one attached hydrogen (secondary N) is 2. The van der Waals surface area contributed by atoms with Crippen LogP contribution in [0.15, 0.2) is 42.5 Å². The van der Waals surface area contributed by atoms with Crippen molar-refractivity contribution in [2.75, 3.05) is 67.1 Å². The van der Waals surface area contributed by atoms with Gasteiger partial charge in [0.05, 0.1) is 49.3 Å². The minimum atomic E-state index is -1.38. The molecule has 1 aromatic rings. The molecule has 7 amide bonds. The Kier molecular flexibility index (Phi) is 27.5. The third-order valence-electron chi connectivity index (χ3n) is 18.0. The maximum Gasteiger partial charge on any atom is 0.306 e. The molecule has 3 fully saturated rings. The van der Waals surface area contributed by atoms with Crippen LogP contribution in [-0.4, -0.2) is 181 Å². The Morgan fingerprint density at radius 1 is 0.774 bits per heavy atom. The monoisotopic (exact) mass is 1180 g/mol. The summed E-state index contributed by atoms with van der Waals surface area (Å²) in [6, 6.07) is 7.56. The molecule has 3 saturated heterocycles. The number of Topliss-reactive ketones (excluding diaryl/α,β-unsaturated/α-hetero) is 1. The molecule has 20 nitrogen and oxygen atoms in total. The summed E-state index contributed by atoms with van der Waals surface area (Å²) in [4.78, 5) is 134. The van der Waals surface area contributed by atoms with Crippen molar-refractivity contribution in [3.05, 3.63) is 48.0 Å². The Morgan fingerprint density at radius 3 is 2.04 bits per heavy atom. The van der Waals surface area contributed by atoms with Gasteiger partial charge in [-0.05, 0) is 100 Å². The number of hydrogen-bond acceptors (Lipinski definition) is 14. The molecule has 0 aliphatic carbocycles. The zero-order valence-electron chi connectivity index (χ0n) is 52.6. The van der Waals surface area contributed by atoms with Gasteiger partial charge in [-0.2, -0.15) is 0 Å². The fourth-order valence-corrected chi connectivity index (χ4v) is 12.9. The summed E-state index contributed by atoms with van der Waals surface area (Å²) in [6.07, 6.45) is 8.30. The Balaban J connectivity index is 1.12. The van der Waals surface area contributed by atoms with Gasteiger partial charge in [-0.25, -0.2) is 5.06 Å². The van der Waals surface area contributed by atoms with E-state index in [2.05, 4.69) is 24.5 Å². The summed E-state index contributed by atoms with van der Waals surface area (Å²) in [5.41, 5.74) is -0.728. The molecule has 2 N–H and O–H groups in total. The van der Waals surface area contributed by atoms with Gasteiger partial charge in [-0.1, -0.05) is 99.1 Å². The van der Waals surface area contributed by atoms with Crippen molar-refractivity contribution in [2.24, 2.45) is 35.5 Å². The highest BCUT2D eigenvalue weighted by molar-refractivity contribution is 6.12. The summed E-state index contributed by atoms with van der Waals surface area (Å²) in [7, 11) is 5.04. The first-order chi connectivity index (χ1) is 40.0. The molecule has 470 valence electrons. The quantitative estimate of drug-likeness (QED) is 0.0547. The number of ether oxygens (including phenoxy) is 3. The number of ketones is 1. The molecule has 1 aromatic carbocycles. The summed E-state index contributed by atoms with van der Waals surface area (Å²) in [5.74, 6) is -3.31. The van der Waals surface area contributed by atoms with Crippen LogP contribution >= 0.6 is 0 Å². The van der Waals surface area contributed by atoms with Crippen LogP contribution in [-0.2, 0) is 67.7 Å². The van der Waals surface area contributed by atoms with E-state index in [1.165, 1.54) is 17.2 Å². The first-order valence-electron chi connectivity index (χ1n) is 31.2. The summed E-state index contributed by atoms with van der Waals surface area (Å²) < 4.78 is 18.1. The standard InChI is InChI=1S/C64H101N7O13/c1-13-45(8)49(52(81-11)41-56(76)69-33-20-25-50(69)60(82-12)46(9)61(78)66-64(14-2,47-23-16-15-17-24-47)63(80)71-35-18-19-38-83-71)39-44(7)40-51(72)58(42(3)4)65-62(79)59(43(5)6)67(10)32-22-27-57(77)84-48-30-36-68(37-31-48)53(73)26-21-34-70-54(74)28-29-55(70)75/h15-17,23-24,28-29,42-46,48-50,52,58-60H,13-14,18-22,25-27,30-41H2,1-12H3,(H,65,79)(H,66,78). The van der Waals surface area contributed by atoms with E-state index in [0.29, 0.717) is 83.4 Å². The summed E-state index contributed by atoms with van der Waals surface area (Å²) in [6.45, 7) is 20.6. The fraction of sp³-hybridized carbons (Fsp3) is 0.734. The lowest BCUT2D eigenvalue weighted by atomic mass is 9.77. The maximum absolute atomic E-state index is 14.6. The van der Waals surface area contributed by atoms with Crippen LogP contribution in [0.1, 0.15) is 164 Å². The first kappa shape index (κ1) is 69.2. The van der Waals surface area contributed by atoms with Crippen LogP contribution in [0.3, 0.4) is 0 Å². The third-order valence-corrected chi connectivity index (χ3v) is 18.0. The number of hydrogen-bond donors (Lipinski definition) is 2. The molecule has 0 aromatic heterocycles. The van der Waals surface area contributed by atoms with E-state index in [4.69, 9.17) is 19.0 Å². The molecule has 0 saturated carbocycles. The molecular weight excluding hydrogens is 1070 g/mol. The second-order valence-corrected chi connectivity index (χ2v) is 24.7. The lowest BCUT2D eigenvalue weighted by Crippen LogP contribution is -2.60. The number of methoxy groups -OCH3 is 2. The van der Waals surface area contributed by atoms with Crippen LogP contribution in [0, 0.1) is 35.5 Å². The predicted molar refractivity (Wildman–Crippen MR) is 318 cm³/mol. The molecule has 84 heavy (non-hydrogen) atoms. The van der Waals surface area contributed by atoms with Crippen LogP contribution in [0.4, 0.5) is 0 Å². The number of esters is 1. The molecule has 10 atom stereocenters. The van der Waals surface area contributed by atoms with Crippen LogP contribution in [0.5, 0.6) is 0 Å². The molecule has 0 spiro atoms. The average Bonchev–Trinajstić information content (AvgIpc) is 3.16. The fourth-order valence-electron chi connectivity index (χ4n) is 12.9. The number of imide groups is 1. The number of nitrogens with zero attached hydrogens (tertiary/aromatic N) is 5. The second kappa shape index (κ2) is 33.4. The van der Waals surface area contributed by atoms with Gasteiger partial charge in [0.2, 0.25) is 23.6 Å². The van der Waals surface area contributed by atoms with Gasteiger partial charge in [-0.3, -0.25) is 57.8 Å². The van der Waals surface area contributed by atoms with E-state index in [9.17, 15) is 43.2 Å². The number of piperidine rings is 1. The van der Waals surface area contributed by atoms with Crippen molar-refractivity contribution in [3.8, 4) is 0 Å². The molecule has 10 unspecified atom stereocenters. The zero-order valence-corrected chi connectivity index (χ0v) is 52.6. The first-order valence-corrected chi connectivity index (χ1v) is 31.2. The Morgan fingerprint density at radius 2 is 1.45 bits per heavy atom. The van der Waals surface area contributed by atoms with Crippen molar-refractivity contribution >= 4 is 53.1 Å². The smallest absolute Gasteiger partial charge is 0.306 e. The molecule has 5 rings (SSSR count). The number of carbonyl (C=O) groups is 9. The van der Waals surface area contributed by atoms with Gasteiger partial charge in [0.15, 0.2) is 5.78 Å². The number of rotatable bonds is 33. The van der Waals surface area contributed by atoms with Crippen molar-refractivity contribution < 1.29 is 62.2 Å². The van der Waals surface area contributed by atoms with E-state index < -0.39 is 41.8 Å². The highest BCUT2D eigenvalue weighted by Gasteiger charge is 2.47. The Bertz CT molecular complexity index is 2370. The summed E-state index contributed by atoms with van der Waals surface area (Å²) in [5, 5.41) is 7.65. The third kappa shape index (κ3) is 18.5. The van der Waals surface area contributed by atoms with Gasteiger partial charge in [-0.15, -0.1) is 0 Å². The van der Waals surface area contributed by atoms with Crippen LogP contribution < -0.4 is 10.6 Å². The van der Waals surface area contributed by atoms with Crippen molar-refractivity contribution in [3.63, 3.8) is 0 Å². The van der Waals surface area contributed by atoms with Crippen molar-refractivity contribution in [2.45, 2.75) is 201 Å². The van der Waals surface area contributed by atoms with E-state index in [0.717, 1.165) is 30.6 Å². The molecule has 4 aliphatic heterocycles. The topological polar surface area (TPSA) is 231 Å². The second-order valence-electron chi connectivity index (χ2n) is 24.7. The molecule has 4 aliphatic rings. The number of hydroxylamine groups is 2. The van der Waals surface area contributed by atoms with Gasteiger partial charge in [0, 0.05) is 91.2 Å². The lowest BCUT2D eigenvalue weighted by molar-refractivity contribution is -0.205. The number of benzene rings is 1. The van der Waals surface area contributed by atoms with Gasteiger partial charge in [0.1, 0.15) is 11.6 Å². The minimum Gasteiger partial charge on any atom is -0.462 e. The SMILES string of the molecule is CCC(C)C(CC(C)CC(=O)C(NC(=O)C(C(C)C)N(C)CCCC(=O)OC1CCN(C(=O)CCCN2C(=O)C=CC2=O)CC1)C(C)C)C(CC(=O)N1CCCC1C(OC)C(C)C(=O)NC(CC)(C(=O)N1CCCCO1)c1ccccc1)OC. The van der Waals surface area contributed by atoms with E-state index in [1.54, 1.807) is 26.0 Å². The molecular formula is C64H101N7O13. The molecule has 20 heteroatoms. The number of carbonyl (C=O) groups excluding carboxylic acids is 9. The number of likely N-dealkylation sites (tertiary alicyclic amines) is 2. The Labute approximate surface area is 500 Å². The van der Waals surface area contributed by atoms with Crippen molar-refractivity contribution in [1.82, 2.24) is 35.3 Å². The van der Waals surface area contributed by atoms with Gasteiger partial charge >= 0.3 is 5.97 Å². The normalized spacial score (nSPS) is 20.5. The molecule has 0 radical (unpaired) electrons. The highest BCUT2D eigenvalue weighted by Crippen LogP contribution is 2.35. The number of amides is 7. The van der Waals surface area contributed by atoms with E-state index in [-0.39, 0.29) is 127 Å². The number of likely N-dealkylation sites (N-methyl/N-ethyl adjacent to an activating group) is 1. The van der Waals surface area contributed by atoms with Crippen molar-refractivity contribution in [1.29, 1.82) is 0 Å². The van der Waals surface area contributed by atoms with E-state index >= 15 is 0 Å².